The molecule has 1 aromatic heterocycles. The Morgan fingerprint density at radius 2 is 2.31 bits per heavy atom. The number of alkyl halides is 2. The van der Waals surface area contributed by atoms with Gasteiger partial charge in [-0.1, -0.05) is 0 Å². The minimum Gasteiger partial charge on any atom is -0.492 e. The number of hydrogen-bond acceptors (Lipinski definition) is 5. The molecular formula is C8H9F2N3O3. The number of aromatic nitrogens is 1. The zero-order chi connectivity index (χ0) is 12.3. The molecule has 0 amide bonds. The number of pyridine rings is 1. The Morgan fingerprint density at radius 3 is 2.69 bits per heavy atom. The van der Waals surface area contributed by atoms with E-state index in [1.54, 1.807) is 0 Å². The summed E-state index contributed by atoms with van der Waals surface area (Å²) in [5.74, 6) is -0.875. The molecule has 0 aromatic carbocycles. The van der Waals surface area contributed by atoms with Crippen LogP contribution < -0.4 is 10.5 Å². The first kappa shape index (κ1) is 12.2. The zero-order valence-corrected chi connectivity index (χ0v) is 8.31. The Hall–Kier alpha value is -1.83. The summed E-state index contributed by atoms with van der Waals surface area (Å²) in [6, 6.07) is 1.10. The summed E-state index contributed by atoms with van der Waals surface area (Å²) in [7, 11) is 1.18. The lowest BCUT2D eigenvalue weighted by Gasteiger charge is -2.06. The molecule has 16 heavy (non-hydrogen) atoms. The van der Waals surface area contributed by atoms with E-state index >= 15 is 0 Å². The van der Waals surface area contributed by atoms with Gasteiger partial charge < -0.3 is 20.6 Å². The minimum atomic E-state index is -2.94. The van der Waals surface area contributed by atoms with Gasteiger partial charge in [0.05, 0.1) is 12.7 Å². The summed E-state index contributed by atoms with van der Waals surface area (Å²) < 4.78 is 29.7. The van der Waals surface area contributed by atoms with Crippen LogP contribution in [0, 0.1) is 10.1 Å². The van der Waals surface area contributed by atoms with Gasteiger partial charge in [-0.15, -0.1) is 0 Å². The first-order valence-electron chi connectivity index (χ1n) is 4.21. The molecule has 1 rings (SSSR count). The number of halogens is 2. The topological polar surface area (TPSA) is 91.3 Å². The average molecular weight is 233 g/mol. The number of ether oxygens (including phenoxy) is 1. The summed E-state index contributed by atoms with van der Waals surface area (Å²) in [6.45, 7) is -0.177. The summed E-state index contributed by atoms with van der Waals surface area (Å²) in [5.41, 5.74) is 4.54. The number of hydrogen-bond donors (Lipinski definition) is 1. The quantitative estimate of drug-likeness (QED) is 0.626. The lowest BCUT2D eigenvalue weighted by atomic mass is 10.2. The molecule has 0 spiro atoms. The molecule has 0 saturated heterocycles. The van der Waals surface area contributed by atoms with Gasteiger partial charge in [0.25, 0.3) is 5.69 Å². The Kier molecular flexibility index (Phi) is 3.67. The number of nitrogens with zero attached hydrogens (tertiary/aromatic N) is 2. The minimum absolute atomic E-state index is 0.0475. The van der Waals surface area contributed by atoms with Crippen LogP contribution >= 0.6 is 0 Å². The third kappa shape index (κ3) is 2.22. The molecule has 0 aliphatic heterocycles. The van der Waals surface area contributed by atoms with Crippen molar-refractivity contribution in [2.45, 2.75) is 13.0 Å². The van der Waals surface area contributed by atoms with Crippen molar-refractivity contribution in [3.8, 4) is 5.75 Å². The first-order valence-corrected chi connectivity index (χ1v) is 4.21. The van der Waals surface area contributed by atoms with Crippen molar-refractivity contribution in [3.63, 3.8) is 0 Å². The standard InChI is InChI=1S/C8H9F2N3O3/c1-16-5-2-4(3-11)8(13(14)15)12-6(5)7(9)10/h2,7H,3,11H2,1H3. The van der Waals surface area contributed by atoms with Crippen molar-refractivity contribution in [2.24, 2.45) is 5.73 Å². The van der Waals surface area contributed by atoms with E-state index in [9.17, 15) is 18.9 Å². The van der Waals surface area contributed by atoms with E-state index < -0.39 is 22.9 Å². The van der Waals surface area contributed by atoms with Crippen LogP contribution in [0.1, 0.15) is 17.7 Å². The summed E-state index contributed by atoms with van der Waals surface area (Å²) in [5, 5.41) is 10.6. The summed E-state index contributed by atoms with van der Waals surface area (Å²) in [4.78, 5) is 13.0. The van der Waals surface area contributed by atoms with Crippen molar-refractivity contribution in [3.05, 3.63) is 27.4 Å². The molecular weight excluding hydrogens is 224 g/mol. The Labute approximate surface area is 89.2 Å². The van der Waals surface area contributed by atoms with Crippen LogP contribution in [-0.4, -0.2) is 17.0 Å². The molecule has 8 heteroatoms. The molecule has 0 aliphatic carbocycles. The molecule has 1 aromatic rings. The van der Waals surface area contributed by atoms with Gasteiger partial charge in [0.1, 0.15) is 0 Å². The number of rotatable bonds is 4. The Balaban J connectivity index is 3.40. The zero-order valence-electron chi connectivity index (χ0n) is 8.31. The first-order chi connectivity index (χ1) is 7.51. The van der Waals surface area contributed by atoms with Crippen molar-refractivity contribution in [2.75, 3.05) is 7.11 Å². The van der Waals surface area contributed by atoms with E-state index in [1.807, 2.05) is 0 Å². The predicted octanol–water partition coefficient (Wildman–Crippen LogP) is 1.39. The van der Waals surface area contributed by atoms with Gasteiger partial charge in [0.2, 0.25) is 0 Å². The van der Waals surface area contributed by atoms with Gasteiger partial charge in [-0.05, 0) is 16.0 Å². The van der Waals surface area contributed by atoms with Crippen LogP contribution in [0.3, 0.4) is 0 Å². The second kappa shape index (κ2) is 4.79. The molecule has 1 heterocycles. The fraction of sp³-hybridized carbons (Fsp3) is 0.375. The van der Waals surface area contributed by atoms with Crippen molar-refractivity contribution in [1.82, 2.24) is 4.98 Å². The Bertz CT molecular complexity index is 412. The highest BCUT2D eigenvalue weighted by Gasteiger charge is 2.27. The lowest BCUT2D eigenvalue weighted by Crippen LogP contribution is -2.07. The van der Waals surface area contributed by atoms with Crippen LogP contribution in [0.4, 0.5) is 14.6 Å². The molecule has 2 N–H and O–H groups in total. The normalized spacial score (nSPS) is 10.6. The van der Waals surface area contributed by atoms with Crippen LogP contribution in [0.5, 0.6) is 5.75 Å². The van der Waals surface area contributed by atoms with Crippen LogP contribution in [-0.2, 0) is 6.54 Å². The smallest absolute Gasteiger partial charge is 0.368 e. The van der Waals surface area contributed by atoms with E-state index in [0.29, 0.717) is 0 Å². The maximum atomic E-state index is 12.5. The van der Waals surface area contributed by atoms with Gasteiger partial charge in [0.15, 0.2) is 5.75 Å². The Morgan fingerprint density at radius 1 is 1.69 bits per heavy atom. The predicted molar refractivity (Wildman–Crippen MR) is 50.3 cm³/mol. The van der Waals surface area contributed by atoms with Crippen LogP contribution in [0.25, 0.3) is 0 Å². The highest BCUT2D eigenvalue weighted by molar-refractivity contribution is 5.42. The van der Waals surface area contributed by atoms with Crippen molar-refractivity contribution >= 4 is 5.82 Å². The van der Waals surface area contributed by atoms with Crippen molar-refractivity contribution in [1.29, 1.82) is 0 Å². The molecule has 6 nitrogen and oxygen atoms in total. The largest absolute Gasteiger partial charge is 0.492 e. The second-order valence-electron chi connectivity index (χ2n) is 2.82. The monoisotopic (exact) mass is 233 g/mol. The third-order valence-corrected chi connectivity index (χ3v) is 1.89. The molecule has 0 saturated carbocycles. The molecule has 0 unspecified atom stereocenters. The summed E-state index contributed by atoms with van der Waals surface area (Å²) >= 11 is 0. The maximum Gasteiger partial charge on any atom is 0.368 e. The molecule has 88 valence electrons. The van der Waals surface area contributed by atoms with Gasteiger partial charge in [-0.3, -0.25) is 0 Å². The van der Waals surface area contributed by atoms with Gasteiger partial charge in [0, 0.05) is 6.54 Å². The van der Waals surface area contributed by atoms with Gasteiger partial charge in [-0.25, -0.2) is 8.78 Å². The number of nitrogens with two attached hydrogens (primary N) is 1. The third-order valence-electron chi connectivity index (χ3n) is 1.89. The number of nitro groups is 1. The van der Waals surface area contributed by atoms with Crippen molar-refractivity contribution < 1.29 is 18.4 Å². The van der Waals surface area contributed by atoms with Gasteiger partial charge >= 0.3 is 12.2 Å². The van der Waals surface area contributed by atoms with E-state index in [2.05, 4.69) is 9.72 Å². The molecule has 0 aliphatic rings. The fourth-order valence-electron chi connectivity index (χ4n) is 1.17. The lowest BCUT2D eigenvalue weighted by molar-refractivity contribution is -0.390. The van der Waals surface area contributed by atoms with E-state index in [0.717, 1.165) is 6.07 Å². The highest BCUT2D eigenvalue weighted by atomic mass is 19.3. The average Bonchev–Trinajstić information content (AvgIpc) is 2.26. The van der Waals surface area contributed by atoms with E-state index in [-0.39, 0.29) is 17.9 Å². The highest BCUT2D eigenvalue weighted by Crippen LogP contribution is 2.31. The van der Waals surface area contributed by atoms with Crippen LogP contribution in [0.15, 0.2) is 6.07 Å². The SMILES string of the molecule is COc1cc(CN)c([N+](=O)[O-])nc1C(F)F. The van der Waals surface area contributed by atoms with Crippen LogP contribution in [0.2, 0.25) is 0 Å². The molecule has 0 bridgehead atoms. The summed E-state index contributed by atoms with van der Waals surface area (Å²) in [6.07, 6.45) is -2.94. The fourth-order valence-corrected chi connectivity index (χ4v) is 1.17. The number of methoxy groups -OCH3 is 1. The van der Waals surface area contributed by atoms with Gasteiger partial charge in [-0.2, -0.15) is 0 Å². The van der Waals surface area contributed by atoms with E-state index in [4.69, 9.17) is 5.73 Å². The second-order valence-corrected chi connectivity index (χ2v) is 2.82. The molecule has 0 atom stereocenters. The maximum absolute atomic E-state index is 12.5. The molecule has 0 fully saturated rings. The molecule has 0 radical (unpaired) electrons. The van der Waals surface area contributed by atoms with E-state index in [1.165, 1.54) is 7.11 Å².